The molecule has 0 bridgehead atoms. The van der Waals surface area contributed by atoms with E-state index < -0.39 is 11.7 Å². The lowest BCUT2D eigenvalue weighted by Gasteiger charge is -2.40. The molecule has 1 saturated heterocycles. The molecule has 4 atom stereocenters. The van der Waals surface area contributed by atoms with Crippen molar-refractivity contribution in [1.29, 1.82) is 0 Å². The molecule has 0 saturated carbocycles. The second kappa shape index (κ2) is 7.08. The largest absolute Gasteiger partial charge is 0.486 e. The molecule has 0 amide bonds. The zero-order valence-electron chi connectivity index (χ0n) is 15.8. The third kappa shape index (κ3) is 3.90. The first kappa shape index (κ1) is 18.4. The molecule has 2 aliphatic heterocycles. The molecule has 0 aromatic carbocycles. The van der Waals surface area contributed by atoms with E-state index in [1.54, 1.807) is 0 Å². The van der Waals surface area contributed by atoms with Crippen molar-refractivity contribution in [3.05, 3.63) is 34.6 Å². The Labute approximate surface area is 150 Å². The van der Waals surface area contributed by atoms with Crippen molar-refractivity contribution in [1.82, 2.24) is 0 Å². The molecule has 25 heavy (non-hydrogen) atoms. The van der Waals surface area contributed by atoms with Gasteiger partial charge in [-0.05, 0) is 47.0 Å². The minimum absolute atomic E-state index is 0.00954. The highest BCUT2D eigenvalue weighted by molar-refractivity contribution is 5.97. The number of carbonyl (C=O) groups excluding carboxylic acids is 1. The molecule has 0 radical (unpaired) electrons. The smallest absolute Gasteiger partial charge is 0.162 e. The van der Waals surface area contributed by atoms with Gasteiger partial charge in [-0.2, -0.15) is 0 Å². The average molecular weight is 346 g/mol. The topological polar surface area (TPSA) is 55.8 Å². The van der Waals surface area contributed by atoms with E-state index in [1.807, 2.05) is 6.92 Å². The molecule has 138 valence electrons. The minimum Gasteiger partial charge on any atom is -0.486 e. The number of hydrogen-bond donors (Lipinski definition) is 1. The first-order valence-corrected chi connectivity index (χ1v) is 9.38. The fourth-order valence-corrected chi connectivity index (χ4v) is 4.06. The third-order valence-electron chi connectivity index (χ3n) is 5.50. The van der Waals surface area contributed by atoms with Crippen LogP contribution in [0.1, 0.15) is 66.2 Å². The fraction of sp³-hybridized carbons (Fsp3) is 0.667. The van der Waals surface area contributed by atoms with E-state index in [1.165, 1.54) is 11.1 Å². The predicted octanol–water partition coefficient (Wildman–Crippen LogP) is 3.99. The Bertz CT molecular complexity index is 638. The number of ketones is 1. The van der Waals surface area contributed by atoms with Gasteiger partial charge < -0.3 is 14.6 Å². The molecule has 0 aromatic heterocycles. The molecule has 1 aliphatic carbocycles. The Morgan fingerprint density at radius 3 is 2.84 bits per heavy atom. The SMILES string of the molecule is CC(C)=CCCC(C)=CC1CC2(C)OC3=C(CC2O1)C(=O)CCC3O. The lowest BCUT2D eigenvalue weighted by molar-refractivity contribution is -0.124. The number of hydrogen-bond acceptors (Lipinski definition) is 4. The Morgan fingerprint density at radius 2 is 2.12 bits per heavy atom. The van der Waals surface area contributed by atoms with Gasteiger partial charge >= 0.3 is 0 Å². The number of Topliss-reactive ketones (excluding diaryl/α,β-unsaturated/α-hetero) is 1. The summed E-state index contributed by atoms with van der Waals surface area (Å²) in [6.07, 6.45) is 7.95. The fourth-order valence-electron chi connectivity index (χ4n) is 4.06. The summed E-state index contributed by atoms with van der Waals surface area (Å²) in [5.41, 5.74) is 2.85. The van der Waals surface area contributed by atoms with Crippen LogP contribution in [0.3, 0.4) is 0 Å². The highest BCUT2D eigenvalue weighted by Gasteiger charge is 2.52. The Morgan fingerprint density at radius 1 is 1.36 bits per heavy atom. The van der Waals surface area contributed by atoms with E-state index >= 15 is 0 Å². The zero-order valence-corrected chi connectivity index (χ0v) is 15.8. The van der Waals surface area contributed by atoms with Crippen molar-refractivity contribution in [3.63, 3.8) is 0 Å². The van der Waals surface area contributed by atoms with Crippen molar-refractivity contribution < 1.29 is 19.4 Å². The molecule has 4 heteroatoms. The number of ether oxygens (including phenoxy) is 2. The predicted molar refractivity (Wildman–Crippen MR) is 97.1 cm³/mol. The van der Waals surface area contributed by atoms with Crippen molar-refractivity contribution >= 4 is 5.78 Å². The summed E-state index contributed by atoms with van der Waals surface area (Å²) in [6, 6.07) is 0. The molecule has 0 aromatic rings. The molecule has 3 aliphatic rings. The molecule has 4 unspecified atom stereocenters. The van der Waals surface area contributed by atoms with E-state index in [9.17, 15) is 9.90 Å². The van der Waals surface area contributed by atoms with E-state index in [4.69, 9.17) is 9.47 Å². The summed E-state index contributed by atoms with van der Waals surface area (Å²) in [6.45, 7) is 8.42. The van der Waals surface area contributed by atoms with Gasteiger partial charge in [0, 0.05) is 24.8 Å². The van der Waals surface area contributed by atoms with Crippen LogP contribution in [0.2, 0.25) is 0 Å². The van der Waals surface area contributed by atoms with Gasteiger partial charge in [0.1, 0.15) is 23.6 Å². The van der Waals surface area contributed by atoms with E-state index in [-0.39, 0.29) is 18.0 Å². The van der Waals surface area contributed by atoms with Crippen LogP contribution in [0.4, 0.5) is 0 Å². The van der Waals surface area contributed by atoms with Gasteiger partial charge in [0.15, 0.2) is 5.78 Å². The molecule has 0 spiro atoms. The lowest BCUT2D eigenvalue weighted by atomic mass is 9.82. The Balaban J connectivity index is 1.68. The van der Waals surface area contributed by atoms with Crippen LogP contribution in [0.5, 0.6) is 0 Å². The number of rotatable bonds is 4. The van der Waals surface area contributed by atoms with Gasteiger partial charge in [0.25, 0.3) is 0 Å². The Kier molecular flexibility index (Phi) is 5.21. The second-order valence-corrected chi connectivity index (χ2v) is 8.14. The molecular formula is C21H30O4. The van der Waals surface area contributed by atoms with E-state index in [2.05, 4.69) is 32.9 Å². The lowest BCUT2D eigenvalue weighted by Crippen LogP contribution is -2.45. The second-order valence-electron chi connectivity index (χ2n) is 8.14. The quantitative estimate of drug-likeness (QED) is 0.782. The Hall–Kier alpha value is -1.39. The maximum absolute atomic E-state index is 12.2. The maximum Gasteiger partial charge on any atom is 0.162 e. The van der Waals surface area contributed by atoms with Crippen LogP contribution >= 0.6 is 0 Å². The van der Waals surface area contributed by atoms with Crippen LogP contribution in [0.15, 0.2) is 34.6 Å². The number of aliphatic hydroxyl groups is 1. The minimum atomic E-state index is -0.647. The van der Waals surface area contributed by atoms with Gasteiger partial charge in [-0.15, -0.1) is 0 Å². The third-order valence-corrected chi connectivity index (χ3v) is 5.50. The summed E-state index contributed by atoms with van der Waals surface area (Å²) in [4.78, 5) is 12.2. The first-order valence-electron chi connectivity index (χ1n) is 9.38. The van der Waals surface area contributed by atoms with Crippen LogP contribution in [0, 0.1) is 0 Å². The van der Waals surface area contributed by atoms with Gasteiger partial charge in [0.05, 0.1) is 6.10 Å². The van der Waals surface area contributed by atoms with Crippen molar-refractivity contribution in [2.24, 2.45) is 0 Å². The van der Waals surface area contributed by atoms with Gasteiger partial charge in [0.2, 0.25) is 0 Å². The first-order chi connectivity index (χ1) is 11.8. The molecule has 3 rings (SSSR count). The molecule has 1 N–H and O–H groups in total. The average Bonchev–Trinajstić information content (AvgIpc) is 2.84. The zero-order chi connectivity index (χ0) is 18.2. The summed E-state index contributed by atoms with van der Waals surface area (Å²) in [5, 5.41) is 10.2. The maximum atomic E-state index is 12.2. The highest BCUT2D eigenvalue weighted by Crippen LogP contribution is 2.46. The van der Waals surface area contributed by atoms with Crippen molar-refractivity contribution in [2.75, 3.05) is 0 Å². The van der Waals surface area contributed by atoms with Crippen LogP contribution in [0.25, 0.3) is 0 Å². The van der Waals surface area contributed by atoms with Crippen molar-refractivity contribution in [2.45, 2.75) is 90.1 Å². The molecular weight excluding hydrogens is 316 g/mol. The molecule has 2 heterocycles. The number of fused-ring (bicyclic) bond motifs is 1. The highest BCUT2D eigenvalue weighted by atomic mass is 16.6. The summed E-state index contributed by atoms with van der Waals surface area (Å²) < 4.78 is 12.4. The number of allylic oxidation sites excluding steroid dienone is 3. The van der Waals surface area contributed by atoms with Crippen LogP contribution < -0.4 is 0 Å². The standard InChI is InChI=1S/C21H30O4/c1-13(2)6-5-7-14(3)10-15-12-21(4)19(24-15)11-16-17(22)8-9-18(23)20(16)25-21/h6,10,15,18-19,23H,5,7-9,11-12H2,1-4H3. The summed E-state index contributed by atoms with van der Waals surface area (Å²) in [7, 11) is 0. The van der Waals surface area contributed by atoms with Gasteiger partial charge in [-0.1, -0.05) is 23.3 Å². The van der Waals surface area contributed by atoms with E-state index in [0.717, 1.165) is 19.3 Å². The van der Waals surface area contributed by atoms with E-state index in [0.29, 0.717) is 30.6 Å². The van der Waals surface area contributed by atoms with Crippen molar-refractivity contribution in [3.8, 4) is 0 Å². The monoisotopic (exact) mass is 346 g/mol. The van der Waals surface area contributed by atoms with Gasteiger partial charge in [-0.25, -0.2) is 0 Å². The normalized spacial score (nSPS) is 35.2. The molecule has 4 nitrogen and oxygen atoms in total. The number of aliphatic hydroxyl groups excluding tert-OH is 1. The van der Waals surface area contributed by atoms with Crippen LogP contribution in [-0.4, -0.2) is 34.8 Å². The van der Waals surface area contributed by atoms with Gasteiger partial charge in [-0.3, -0.25) is 4.79 Å². The molecule has 1 fully saturated rings. The van der Waals surface area contributed by atoms with Crippen LogP contribution in [-0.2, 0) is 14.3 Å². The number of carbonyl (C=O) groups is 1. The summed E-state index contributed by atoms with van der Waals surface area (Å²) in [5.74, 6) is 0.603. The summed E-state index contributed by atoms with van der Waals surface area (Å²) >= 11 is 0.